The van der Waals surface area contributed by atoms with Gasteiger partial charge in [-0.3, -0.25) is 0 Å². The number of ether oxygens (including phenoxy) is 1. The lowest BCUT2D eigenvalue weighted by Crippen LogP contribution is -2.56. The first kappa shape index (κ1) is 15.8. The average molecular weight is 300 g/mol. The lowest BCUT2D eigenvalue weighted by Gasteiger charge is -2.55. The van der Waals surface area contributed by atoms with Gasteiger partial charge in [-0.05, 0) is 37.2 Å². The van der Waals surface area contributed by atoms with E-state index >= 15 is 0 Å². The highest BCUT2D eigenvalue weighted by Gasteiger charge is 2.52. The Kier molecular flexibility index (Phi) is 4.42. The molecule has 1 saturated heterocycles. The third kappa shape index (κ3) is 2.53. The Morgan fingerprint density at radius 2 is 1.95 bits per heavy atom. The molecule has 120 valence electrons. The first-order valence-electron chi connectivity index (χ1n) is 8.53. The molecule has 22 heavy (non-hydrogen) atoms. The monoisotopic (exact) mass is 300 g/mol. The summed E-state index contributed by atoms with van der Waals surface area (Å²) in [6.45, 7) is 7.68. The topological polar surface area (TPSA) is 29.5 Å². The van der Waals surface area contributed by atoms with Gasteiger partial charge in [0.25, 0.3) is 0 Å². The fraction of sp³-hybridized carbons (Fsp3) is 0.600. The summed E-state index contributed by atoms with van der Waals surface area (Å²) >= 11 is 0. The Balaban J connectivity index is 1.77. The largest absolute Gasteiger partial charge is 0.396 e. The normalized spacial score (nSPS) is 37.7. The molecule has 1 fully saturated rings. The van der Waals surface area contributed by atoms with Gasteiger partial charge in [0.1, 0.15) is 0 Å². The summed E-state index contributed by atoms with van der Waals surface area (Å²) in [6.07, 6.45) is 4.77. The van der Waals surface area contributed by atoms with Crippen LogP contribution in [-0.2, 0) is 11.2 Å². The molecule has 0 saturated carbocycles. The van der Waals surface area contributed by atoms with Gasteiger partial charge < -0.3 is 9.84 Å². The van der Waals surface area contributed by atoms with Crippen LogP contribution in [0.4, 0.5) is 0 Å². The second-order valence-corrected chi connectivity index (χ2v) is 7.28. The first-order chi connectivity index (χ1) is 10.6. The molecule has 2 aliphatic rings. The van der Waals surface area contributed by atoms with E-state index in [9.17, 15) is 5.11 Å². The molecule has 0 radical (unpaired) electrons. The van der Waals surface area contributed by atoms with Crippen LogP contribution in [0.25, 0.3) is 0 Å². The molecule has 0 spiro atoms. The summed E-state index contributed by atoms with van der Waals surface area (Å²) in [5.41, 5.74) is 2.73. The zero-order valence-corrected chi connectivity index (χ0v) is 14.0. The minimum atomic E-state index is -0.0899. The number of aliphatic hydroxyl groups excluding tert-OH is 1. The molecule has 1 aromatic rings. The van der Waals surface area contributed by atoms with E-state index in [1.165, 1.54) is 11.1 Å². The number of aliphatic hydroxyl groups is 1. The quantitative estimate of drug-likeness (QED) is 0.856. The zero-order chi connectivity index (χ0) is 15.7. The minimum Gasteiger partial charge on any atom is -0.396 e. The zero-order valence-electron chi connectivity index (χ0n) is 14.0. The van der Waals surface area contributed by atoms with Gasteiger partial charge in [0.2, 0.25) is 0 Å². The van der Waals surface area contributed by atoms with Crippen LogP contribution in [0.5, 0.6) is 0 Å². The van der Waals surface area contributed by atoms with Crippen LogP contribution in [0, 0.1) is 23.2 Å². The van der Waals surface area contributed by atoms with E-state index in [4.69, 9.17) is 4.74 Å². The Morgan fingerprint density at radius 3 is 2.64 bits per heavy atom. The highest BCUT2D eigenvalue weighted by atomic mass is 16.5. The molecule has 0 aromatic heterocycles. The minimum absolute atomic E-state index is 0.0899. The van der Waals surface area contributed by atoms with E-state index in [0.717, 1.165) is 12.8 Å². The van der Waals surface area contributed by atoms with Crippen molar-refractivity contribution in [2.45, 2.75) is 39.7 Å². The summed E-state index contributed by atoms with van der Waals surface area (Å²) in [5.74, 6) is 1.31. The van der Waals surface area contributed by atoms with E-state index in [2.05, 4.69) is 57.2 Å². The van der Waals surface area contributed by atoms with Crippen LogP contribution in [0.2, 0.25) is 0 Å². The second kappa shape index (κ2) is 6.17. The Morgan fingerprint density at radius 1 is 1.23 bits per heavy atom. The van der Waals surface area contributed by atoms with Crippen LogP contribution in [0.1, 0.15) is 32.8 Å². The van der Waals surface area contributed by atoms with E-state index < -0.39 is 0 Å². The molecular formula is C20H28O2. The van der Waals surface area contributed by atoms with Crippen molar-refractivity contribution >= 4 is 0 Å². The molecule has 2 nitrogen and oxygen atoms in total. The molecule has 1 N–H and O–H groups in total. The van der Waals surface area contributed by atoms with Crippen LogP contribution in [0.3, 0.4) is 0 Å². The number of aryl methyl sites for hydroxylation is 1. The fourth-order valence-corrected chi connectivity index (χ4v) is 4.63. The molecule has 0 unspecified atom stereocenters. The van der Waals surface area contributed by atoms with Crippen LogP contribution >= 0.6 is 0 Å². The summed E-state index contributed by atoms with van der Waals surface area (Å²) in [4.78, 5) is 0. The van der Waals surface area contributed by atoms with Crippen molar-refractivity contribution in [1.82, 2.24) is 0 Å². The van der Waals surface area contributed by atoms with Gasteiger partial charge in [-0.1, -0.05) is 55.8 Å². The highest BCUT2D eigenvalue weighted by Crippen LogP contribution is 2.52. The van der Waals surface area contributed by atoms with Gasteiger partial charge >= 0.3 is 0 Å². The fourth-order valence-electron chi connectivity index (χ4n) is 4.63. The maximum atomic E-state index is 10.0. The molecule has 0 amide bonds. The maximum Gasteiger partial charge on any atom is 0.0646 e. The molecule has 1 aliphatic carbocycles. The van der Waals surface area contributed by atoms with E-state index in [-0.39, 0.29) is 18.1 Å². The van der Waals surface area contributed by atoms with Gasteiger partial charge in [-0.2, -0.15) is 0 Å². The number of benzene rings is 1. The molecular weight excluding hydrogens is 272 g/mol. The number of hydrogen-bond acceptors (Lipinski definition) is 2. The molecule has 2 bridgehead atoms. The van der Waals surface area contributed by atoms with E-state index in [0.29, 0.717) is 24.4 Å². The van der Waals surface area contributed by atoms with E-state index in [1.54, 1.807) is 0 Å². The summed E-state index contributed by atoms with van der Waals surface area (Å²) < 4.78 is 6.27. The predicted octanol–water partition coefficient (Wildman–Crippen LogP) is 3.85. The van der Waals surface area contributed by atoms with E-state index in [1.807, 2.05) is 0 Å². The van der Waals surface area contributed by atoms with Crippen molar-refractivity contribution < 1.29 is 9.84 Å². The smallest absolute Gasteiger partial charge is 0.0646 e. The number of hydrogen-bond donors (Lipinski definition) is 1. The molecule has 1 aromatic carbocycles. The van der Waals surface area contributed by atoms with Crippen LogP contribution < -0.4 is 0 Å². The number of rotatable bonds is 4. The standard InChI is InChI=1S/C20H28O2/c1-14-11-15(2)20(12-21)13-22-18(19(14)16(20)3)10-9-17-7-5-4-6-8-17/h4-8,11,15-16,18-19,21H,9-10,12-13H2,1-3H3/t15-,16+,18+,19+,20-/m1/s1. The second-order valence-electron chi connectivity index (χ2n) is 7.28. The third-order valence-corrected chi connectivity index (χ3v) is 6.21. The Labute approximate surface area is 134 Å². The van der Waals surface area contributed by atoms with Crippen molar-refractivity contribution in [3.63, 3.8) is 0 Å². The lowest BCUT2D eigenvalue weighted by molar-refractivity contribution is -0.164. The third-order valence-electron chi connectivity index (χ3n) is 6.21. The Hall–Kier alpha value is -1.12. The molecule has 1 heterocycles. The van der Waals surface area contributed by atoms with Crippen LogP contribution in [0.15, 0.2) is 42.0 Å². The molecule has 1 aliphatic heterocycles. The number of allylic oxidation sites excluding steroid dienone is 1. The lowest BCUT2D eigenvalue weighted by atomic mass is 9.56. The molecule has 5 atom stereocenters. The predicted molar refractivity (Wildman–Crippen MR) is 89.6 cm³/mol. The van der Waals surface area contributed by atoms with Crippen molar-refractivity contribution in [3.8, 4) is 0 Å². The summed E-state index contributed by atoms with van der Waals surface area (Å²) in [7, 11) is 0. The molecule has 2 heteroatoms. The summed E-state index contributed by atoms with van der Waals surface area (Å²) in [5, 5.41) is 10.0. The van der Waals surface area contributed by atoms with Gasteiger partial charge in [0, 0.05) is 11.3 Å². The van der Waals surface area contributed by atoms with Crippen LogP contribution in [-0.4, -0.2) is 24.4 Å². The SMILES string of the molecule is CC1=C[C@@H](C)[C@@]2(CO)CO[C@@H](CCc3ccccc3)[C@@H]1[C@@H]2C. The van der Waals surface area contributed by atoms with Gasteiger partial charge in [-0.25, -0.2) is 0 Å². The average Bonchev–Trinajstić information content (AvgIpc) is 2.52. The van der Waals surface area contributed by atoms with Gasteiger partial charge in [0.05, 0.1) is 19.3 Å². The van der Waals surface area contributed by atoms with Crippen molar-refractivity contribution in [3.05, 3.63) is 47.5 Å². The summed E-state index contributed by atoms with van der Waals surface area (Å²) in [6, 6.07) is 10.6. The van der Waals surface area contributed by atoms with Crippen molar-refractivity contribution in [2.24, 2.45) is 23.2 Å². The van der Waals surface area contributed by atoms with Gasteiger partial charge in [-0.15, -0.1) is 0 Å². The number of fused-ring (bicyclic) bond motifs is 2. The molecule has 3 rings (SSSR count). The van der Waals surface area contributed by atoms with Gasteiger partial charge in [0.15, 0.2) is 0 Å². The first-order valence-corrected chi connectivity index (χ1v) is 8.53. The maximum absolute atomic E-state index is 10.0. The van der Waals surface area contributed by atoms with Crippen molar-refractivity contribution in [1.29, 1.82) is 0 Å². The Bertz CT molecular complexity index is 536. The highest BCUT2D eigenvalue weighted by molar-refractivity contribution is 5.21. The van der Waals surface area contributed by atoms with Crippen molar-refractivity contribution in [2.75, 3.05) is 13.2 Å².